The first kappa shape index (κ1) is 20.7. The van der Waals surface area contributed by atoms with Crippen molar-refractivity contribution in [2.24, 2.45) is 0 Å². The van der Waals surface area contributed by atoms with Gasteiger partial charge in [0, 0.05) is 12.0 Å². The second kappa shape index (κ2) is 7.58. The molecule has 2 aromatic carbocycles. The maximum atomic E-state index is 12.8. The second-order valence-corrected chi connectivity index (χ2v) is 9.36. The summed E-state index contributed by atoms with van der Waals surface area (Å²) in [6.07, 6.45) is 1.32. The Kier molecular flexibility index (Phi) is 5.05. The summed E-state index contributed by atoms with van der Waals surface area (Å²) in [5.74, 6) is 0.205. The van der Waals surface area contributed by atoms with Gasteiger partial charge >= 0.3 is 11.8 Å². The lowest BCUT2D eigenvalue weighted by Crippen LogP contribution is -2.38. The number of hydrogen-bond donors (Lipinski definition) is 0. The molecule has 0 spiro atoms. The highest BCUT2D eigenvalue weighted by atomic mass is 32.2. The summed E-state index contributed by atoms with van der Waals surface area (Å²) in [7, 11) is -2.20. The number of hydrogen-bond acceptors (Lipinski definition) is 7. The molecule has 0 radical (unpaired) electrons. The van der Waals surface area contributed by atoms with Gasteiger partial charge in [0.1, 0.15) is 18.6 Å². The smallest absolute Gasteiger partial charge is 0.415 e. The number of sulfonamides is 1. The zero-order valence-corrected chi connectivity index (χ0v) is 17.7. The monoisotopic (exact) mass is 444 g/mol. The Balaban J connectivity index is 1.41. The third-order valence-corrected chi connectivity index (χ3v) is 6.70. The van der Waals surface area contributed by atoms with Crippen LogP contribution in [0, 0.1) is 10.1 Å². The van der Waals surface area contributed by atoms with Crippen molar-refractivity contribution in [3.63, 3.8) is 0 Å². The third kappa shape index (κ3) is 4.04. The number of benzene rings is 2. The molecule has 31 heavy (non-hydrogen) atoms. The van der Waals surface area contributed by atoms with Crippen LogP contribution in [0.5, 0.6) is 11.8 Å². The molecule has 162 valence electrons. The van der Waals surface area contributed by atoms with E-state index >= 15 is 0 Å². The highest BCUT2D eigenvalue weighted by Crippen LogP contribution is 2.31. The first-order valence-corrected chi connectivity index (χ1v) is 10.8. The van der Waals surface area contributed by atoms with Crippen LogP contribution in [-0.4, -0.2) is 42.1 Å². The van der Waals surface area contributed by atoms with Gasteiger partial charge in [-0.1, -0.05) is 18.2 Å². The summed E-state index contributed by atoms with van der Waals surface area (Å²) in [4.78, 5) is 14.2. The normalized spacial score (nSPS) is 17.6. The number of imidazole rings is 1. The molecule has 0 fully saturated rings. The summed E-state index contributed by atoms with van der Waals surface area (Å²) in [6, 6.07) is 15.1. The largest absolute Gasteiger partial charge is 0.489 e. The molecule has 10 nitrogen and oxygen atoms in total. The molecule has 4 rings (SSSR count). The molecule has 2 heterocycles. The van der Waals surface area contributed by atoms with Gasteiger partial charge in [-0.2, -0.15) is 0 Å². The van der Waals surface area contributed by atoms with Crippen LogP contribution in [0.2, 0.25) is 0 Å². The Hall–Kier alpha value is -3.60. The number of aromatic nitrogens is 2. The Labute approximate surface area is 178 Å². The van der Waals surface area contributed by atoms with Crippen LogP contribution in [0.1, 0.15) is 6.92 Å². The van der Waals surface area contributed by atoms with E-state index in [9.17, 15) is 18.5 Å². The lowest BCUT2D eigenvalue weighted by molar-refractivity contribution is -0.389. The Bertz CT molecular complexity index is 1180. The molecule has 1 aromatic heterocycles. The minimum atomic E-state index is -3.70. The van der Waals surface area contributed by atoms with E-state index in [0.29, 0.717) is 18.0 Å². The molecule has 0 amide bonds. The van der Waals surface area contributed by atoms with Crippen LogP contribution in [0.4, 0.5) is 11.5 Å². The Morgan fingerprint density at radius 1 is 1.23 bits per heavy atom. The van der Waals surface area contributed by atoms with Gasteiger partial charge in [-0.3, -0.25) is 8.87 Å². The number of ether oxygens (including phenoxy) is 2. The molecule has 11 heteroatoms. The lowest BCUT2D eigenvalue weighted by atomic mass is 10.1. The van der Waals surface area contributed by atoms with Gasteiger partial charge in [0.2, 0.25) is 0 Å². The number of rotatable bonds is 7. The number of nitrogens with zero attached hydrogens (tertiary/aromatic N) is 4. The van der Waals surface area contributed by atoms with Crippen molar-refractivity contribution in [1.29, 1.82) is 0 Å². The zero-order valence-electron chi connectivity index (χ0n) is 16.8. The summed E-state index contributed by atoms with van der Waals surface area (Å²) >= 11 is 0. The van der Waals surface area contributed by atoms with Crippen LogP contribution in [0.15, 0.2) is 65.7 Å². The van der Waals surface area contributed by atoms with Crippen molar-refractivity contribution in [3.05, 3.63) is 70.9 Å². The van der Waals surface area contributed by atoms with Crippen molar-refractivity contribution < 1.29 is 22.8 Å². The van der Waals surface area contributed by atoms with E-state index in [2.05, 4.69) is 4.98 Å². The maximum absolute atomic E-state index is 12.8. The van der Waals surface area contributed by atoms with Gasteiger partial charge in [0.25, 0.3) is 10.0 Å². The Morgan fingerprint density at radius 2 is 1.90 bits per heavy atom. The quantitative estimate of drug-likeness (QED) is 0.406. The number of anilines is 1. The van der Waals surface area contributed by atoms with Gasteiger partial charge in [0.15, 0.2) is 5.60 Å². The minimum absolute atomic E-state index is 0.141. The van der Waals surface area contributed by atoms with E-state index < -0.39 is 20.5 Å². The van der Waals surface area contributed by atoms with Crippen molar-refractivity contribution in [2.45, 2.75) is 24.0 Å². The van der Waals surface area contributed by atoms with Crippen molar-refractivity contribution in [3.8, 4) is 11.8 Å². The first-order chi connectivity index (χ1) is 14.7. The Morgan fingerprint density at radius 3 is 2.52 bits per heavy atom. The van der Waals surface area contributed by atoms with Gasteiger partial charge in [-0.15, -0.1) is 0 Å². The molecule has 3 aromatic rings. The van der Waals surface area contributed by atoms with E-state index in [1.54, 1.807) is 47.9 Å². The van der Waals surface area contributed by atoms with Crippen LogP contribution in [0.25, 0.3) is 0 Å². The molecule has 1 atom stereocenters. The number of fused-ring (bicyclic) bond motifs is 1. The van der Waals surface area contributed by atoms with Crippen LogP contribution in [0.3, 0.4) is 0 Å². The van der Waals surface area contributed by atoms with E-state index in [4.69, 9.17) is 9.47 Å². The summed E-state index contributed by atoms with van der Waals surface area (Å²) in [5.41, 5.74) is -0.192. The summed E-state index contributed by atoms with van der Waals surface area (Å²) in [6.45, 7) is 2.30. The number of para-hydroxylation sites is 1. The molecule has 1 aliphatic heterocycles. The molecular formula is C20H20N4O6S. The lowest BCUT2D eigenvalue weighted by Gasteiger charge is -2.22. The molecule has 0 bridgehead atoms. The second-order valence-electron chi connectivity index (χ2n) is 7.39. The van der Waals surface area contributed by atoms with Crippen LogP contribution < -0.4 is 13.8 Å². The highest BCUT2D eigenvalue weighted by Gasteiger charge is 2.41. The molecule has 0 N–H and O–H groups in total. The van der Waals surface area contributed by atoms with Crippen molar-refractivity contribution in [1.82, 2.24) is 9.55 Å². The van der Waals surface area contributed by atoms with E-state index in [-0.39, 0.29) is 23.3 Å². The molecule has 0 aliphatic carbocycles. The highest BCUT2D eigenvalue weighted by molar-refractivity contribution is 7.92. The van der Waals surface area contributed by atoms with Crippen LogP contribution >= 0.6 is 0 Å². The summed E-state index contributed by atoms with van der Waals surface area (Å²) < 4.78 is 40.0. The standard InChI is InChI=1S/C20H20N4O6S/c1-20(13-23-12-18(24(25)26)21-19(23)30-20)14-29-16-8-10-17(11-9-16)31(27,28)22(2)15-6-4-3-5-7-15/h3-12H,13-14H2,1-2H3. The van der Waals surface area contributed by atoms with Crippen molar-refractivity contribution >= 4 is 21.5 Å². The SMILES string of the molecule is CN(c1ccccc1)S(=O)(=O)c1ccc(OCC2(C)Cn3cc([N+](=O)[O-])nc3O2)cc1. The molecule has 1 aliphatic rings. The molecule has 0 saturated carbocycles. The van der Waals surface area contributed by atoms with Gasteiger partial charge in [-0.05, 0) is 48.2 Å². The fourth-order valence-electron chi connectivity index (χ4n) is 3.24. The van der Waals surface area contributed by atoms with E-state index in [1.807, 2.05) is 6.07 Å². The average molecular weight is 444 g/mol. The number of nitro groups is 1. The zero-order chi connectivity index (χ0) is 22.2. The minimum Gasteiger partial charge on any atom is -0.489 e. The molecule has 0 saturated heterocycles. The molecule has 1 unspecified atom stereocenters. The molecular weight excluding hydrogens is 424 g/mol. The predicted molar refractivity (Wildman–Crippen MR) is 112 cm³/mol. The fraction of sp³-hybridized carbons (Fsp3) is 0.250. The summed E-state index contributed by atoms with van der Waals surface area (Å²) in [5, 5.41) is 10.8. The van der Waals surface area contributed by atoms with Gasteiger partial charge < -0.3 is 19.6 Å². The van der Waals surface area contributed by atoms with Crippen LogP contribution in [-0.2, 0) is 16.6 Å². The maximum Gasteiger partial charge on any atom is 0.415 e. The van der Waals surface area contributed by atoms with Gasteiger partial charge in [0.05, 0.1) is 17.1 Å². The van der Waals surface area contributed by atoms with E-state index in [0.717, 1.165) is 0 Å². The van der Waals surface area contributed by atoms with Gasteiger partial charge in [-0.25, -0.2) is 8.42 Å². The topological polar surface area (TPSA) is 117 Å². The third-order valence-electron chi connectivity index (χ3n) is 4.90. The van der Waals surface area contributed by atoms with E-state index in [1.165, 1.54) is 29.7 Å². The first-order valence-electron chi connectivity index (χ1n) is 9.35. The average Bonchev–Trinajstić information content (AvgIpc) is 3.28. The fourth-order valence-corrected chi connectivity index (χ4v) is 4.43. The van der Waals surface area contributed by atoms with Crippen molar-refractivity contribution in [2.75, 3.05) is 18.0 Å². The predicted octanol–water partition coefficient (Wildman–Crippen LogP) is 2.85.